The van der Waals surface area contributed by atoms with Gasteiger partial charge in [-0.05, 0) is 54.6 Å². The van der Waals surface area contributed by atoms with Gasteiger partial charge in [-0.1, -0.05) is 23.2 Å². The Balaban J connectivity index is 1.86. The third-order valence-electron chi connectivity index (χ3n) is 3.94. The van der Waals surface area contributed by atoms with Gasteiger partial charge in [0.25, 0.3) is 5.91 Å². The largest absolute Gasteiger partial charge is 0.457 e. The van der Waals surface area contributed by atoms with Crippen molar-refractivity contribution in [3.8, 4) is 17.4 Å². The lowest BCUT2D eigenvalue weighted by atomic mass is 10.1. The first-order valence-electron chi connectivity index (χ1n) is 8.33. The molecule has 1 N–H and O–H groups in total. The van der Waals surface area contributed by atoms with Crippen molar-refractivity contribution in [2.24, 2.45) is 0 Å². The predicted molar refractivity (Wildman–Crippen MR) is 108 cm³/mol. The fourth-order valence-electron chi connectivity index (χ4n) is 2.49. The molecule has 2 aromatic carbocycles. The smallest absolute Gasteiger partial charge is 0.416 e. The minimum Gasteiger partial charge on any atom is -0.457 e. The van der Waals surface area contributed by atoms with E-state index in [1.165, 1.54) is 18.2 Å². The van der Waals surface area contributed by atoms with E-state index in [9.17, 15) is 23.2 Å². The van der Waals surface area contributed by atoms with E-state index < -0.39 is 17.6 Å². The van der Waals surface area contributed by atoms with Gasteiger partial charge < -0.3 is 9.73 Å². The number of hydrogen-bond donors (Lipinski definition) is 1. The zero-order chi connectivity index (χ0) is 21.9. The number of carbonyl (C=O) groups is 1. The van der Waals surface area contributed by atoms with Gasteiger partial charge in [-0.2, -0.15) is 18.4 Å². The summed E-state index contributed by atoms with van der Waals surface area (Å²) in [5.74, 6) is -0.524. The molecule has 0 unspecified atom stereocenters. The third kappa shape index (κ3) is 5.03. The number of hydrogen-bond acceptors (Lipinski definition) is 3. The molecule has 0 saturated heterocycles. The van der Waals surface area contributed by atoms with Gasteiger partial charge in [0, 0.05) is 22.3 Å². The molecule has 1 aromatic heterocycles. The molecule has 3 aromatic rings. The molecule has 0 fully saturated rings. The number of furan rings is 1. The Morgan fingerprint density at radius 2 is 1.77 bits per heavy atom. The Morgan fingerprint density at radius 1 is 1.07 bits per heavy atom. The Hall–Kier alpha value is -3.21. The second kappa shape index (κ2) is 8.66. The number of nitriles is 1. The highest BCUT2D eigenvalue weighted by atomic mass is 35.5. The van der Waals surface area contributed by atoms with Gasteiger partial charge in [0.15, 0.2) is 0 Å². The van der Waals surface area contributed by atoms with E-state index in [-0.39, 0.29) is 27.7 Å². The molecule has 0 spiro atoms. The maximum absolute atomic E-state index is 13.0. The van der Waals surface area contributed by atoms with Crippen molar-refractivity contribution >= 4 is 40.9 Å². The molecule has 0 atom stereocenters. The molecule has 9 heteroatoms. The van der Waals surface area contributed by atoms with Crippen molar-refractivity contribution in [3.63, 3.8) is 0 Å². The molecule has 0 saturated carbocycles. The predicted octanol–water partition coefficient (Wildman–Crippen LogP) is 6.82. The minimum atomic E-state index is -4.54. The lowest BCUT2D eigenvalue weighted by molar-refractivity contribution is -0.137. The maximum atomic E-state index is 13.0. The number of nitrogens with zero attached hydrogens (tertiary/aromatic N) is 1. The normalized spacial score (nSPS) is 11.8. The van der Waals surface area contributed by atoms with Crippen molar-refractivity contribution < 1.29 is 22.4 Å². The van der Waals surface area contributed by atoms with E-state index in [1.807, 2.05) is 0 Å². The summed E-state index contributed by atoms with van der Waals surface area (Å²) in [5, 5.41) is 12.4. The topological polar surface area (TPSA) is 66.0 Å². The van der Waals surface area contributed by atoms with Gasteiger partial charge >= 0.3 is 6.18 Å². The van der Waals surface area contributed by atoms with E-state index >= 15 is 0 Å². The minimum absolute atomic E-state index is 0.0373. The number of halogens is 5. The van der Waals surface area contributed by atoms with Gasteiger partial charge in [0.2, 0.25) is 0 Å². The van der Waals surface area contributed by atoms with Crippen LogP contribution in [-0.4, -0.2) is 5.91 Å². The molecule has 30 heavy (non-hydrogen) atoms. The molecule has 1 amide bonds. The van der Waals surface area contributed by atoms with Gasteiger partial charge in [0.05, 0.1) is 10.6 Å². The molecule has 0 aliphatic carbocycles. The molecule has 0 bridgehead atoms. The van der Waals surface area contributed by atoms with Crippen molar-refractivity contribution in [3.05, 3.63) is 81.5 Å². The number of anilines is 1. The Morgan fingerprint density at radius 3 is 2.40 bits per heavy atom. The van der Waals surface area contributed by atoms with Crippen LogP contribution >= 0.6 is 23.2 Å². The summed E-state index contributed by atoms with van der Waals surface area (Å²) in [5.41, 5.74) is -0.673. The SMILES string of the molecule is N#C/C(=C\c1ccc(-c2cc(C(F)(F)F)ccc2Cl)o1)C(=O)Nc1ccc(Cl)cc1. The monoisotopic (exact) mass is 450 g/mol. The van der Waals surface area contributed by atoms with Crippen LogP contribution in [0.2, 0.25) is 10.0 Å². The van der Waals surface area contributed by atoms with Gasteiger partial charge in [-0.15, -0.1) is 0 Å². The number of alkyl halides is 3. The number of rotatable bonds is 4. The first-order valence-corrected chi connectivity index (χ1v) is 9.08. The van der Waals surface area contributed by atoms with E-state index in [2.05, 4.69) is 5.32 Å². The van der Waals surface area contributed by atoms with Crippen LogP contribution in [0.5, 0.6) is 0 Å². The zero-order valence-corrected chi connectivity index (χ0v) is 16.4. The summed E-state index contributed by atoms with van der Waals surface area (Å²) < 4.78 is 44.4. The highest BCUT2D eigenvalue weighted by Crippen LogP contribution is 2.36. The molecule has 152 valence electrons. The van der Waals surface area contributed by atoms with Crippen LogP contribution in [0.3, 0.4) is 0 Å². The molecule has 3 rings (SSSR count). The van der Waals surface area contributed by atoms with E-state index in [0.717, 1.165) is 18.2 Å². The van der Waals surface area contributed by atoms with E-state index in [1.54, 1.807) is 30.3 Å². The van der Waals surface area contributed by atoms with Gasteiger partial charge in [-0.25, -0.2) is 0 Å². The molecule has 1 heterocycles. The van der Waals surface area contributed by atoms with Crippen LogP contribution < -0.4 is 5.32 Å². The molecule has 0 aliphatic rings. The van der Waals surface area contributed by atoms with Crippen LogP contribution in [-0.2, 0) is 11.0 Å². The Kier molecular flexibility index (Phi) is 6.20. The van der Waals surface area contributed by atoms with Crippen molar-refractivity contribution in [2.45, 2.75) is 6.18 Å². The first kappa shape index (κ1) is 21.5. The molecule has 0 aliphatic heterocycles. The van der Waals surface area contributed by atoms with Crippen molar-refractivity contribution in [2.75, 3.05) is 5.32 Å². The van der Waals surface area contributed by atoms with E-state index in [4.69, 9.17) is 27.6 Å². The second-order valence-electron chi connectivity index (χ2n) is 6.03. The summed E-state index contributed by atoms with van der Waals surface area (Å²) >= 11 is 11.8. The van der Waals surface area contributed by atoms with Crippen molar-refractivity contribution in [1.82, 2.24) is 0 Å². The summed E-state index contributed by atoms with van der Waals surface area (Å²) in [6.45, 7) is 0. The number of amides is 1. The summed E-state index contributed by atoms with van der Waals surface area (Å²) in [7, 11) is 0. The quantitative estimate of drug-likeness (QED) is 0.350. The van der Waals surface area contributed by atoms with Crippen LogP contribution in [0.15, 0.2) is 64.6 Å². The number of nitrogens with one attached hydrogen (secondary N) is 1. The maximum Gasteiger partial charge on any atom is 0.416 e. The second-order valence-corrected chi connectivity index (χ2v) is 6.87. The average Bonchev–Trinajstić information content (AvgIpc) is 3.15. The van der Waals surface area contributed by atoms with Gasteiger partial charge in [0.1, 0.15) is 23.2 Å². The lowest BCUT2D eigenvalue weighted by Crippen LogP contribution is -2.13. The molecule has 4 nitrogen and oxygen atoms in total. The zero-order valence-electron chi connectivity index (χ0n) is 14.9. The van der Waals surface area contributed by atoms with Crippen molar-refractivity contribution in [1.29, 1.82) is 5.26 Å². The van der Waals surface area contributed by atoms with Crippen LogP contribution in [0.25, 0.3) is 17.4 Å². The highest BCUT2D eigenvalue weighted by molar-refractivity contribution is 6.33. The van der Waals surface area contributed by atoms with Crippen LogP contribution in [0, 0.1) is 11.3 Å². The van der Waals surface area contributed by atoms with Crippen LogP contribution in [0.1, 0.15) is 11.3 Å². The fourth-order valence-corrected chi connectivity index (χ4v) is 2.82. The molecular formula is C21H11Cl2F3N2O2. The summed E-state index contributed by atoms with van der Waals surface area (Å²) in [6, 6.07) is 13.7. The van der Waals surface area contributed by atoms with Crippen LogP contribution in [0.4, 0.5) is 18.9 Å². The highest BCUT2D eigenvalue weighted by Gasteiger charge is 2.31. The first-order chi connectivity index (χ1) is 14.2. The average molecular weight is 451 g/mol. The molecule has 0 radical (unpaired) electrons. The fraction of sp³-hybridized carbons (Fsp3) is 0.0476. The summed E-state index contributed by atoms with van der Waals surface area (Å²) in [6.07, 6.45) is -3.36. The van der Waals surface area contributed by atoms with Gasteiger partial charge in [-0.3, -0.25) is 4.79 Å². The van der Waals surface area contributed by atoms with E-state index in [0.29, 0.717) is 10.7 Å². The number of carbonyl (C=O) groups excluding carboxylic acids is 1. The lowest BCUT2D eigenvalue weighted by Gasteiger charge is -2.09. The molecular weight excluding hydrogens is 440 g/mol. The summed E-state index contributed by atoms with van der Waals surface area (Å²) in [4.78, 5) is 12.3. The third-order valence-corrected chi connectivity index (χ3v) is 4.52. The number of benzene rings is 2. The standard InChI is InChI=1S/C21H11Cl2F3N2O2/c22-14-2-4-15(5-3-14)28-20(29)12(11-27)9-16-6-8-19(30-16)17-10-13(21(24,25)26)1-7-18(17)23/h1-10H,(H,28,29)/b12-9+. The Bertz CT molecular complexity index is 1160. The Labute approximate surface area is 179 Å².